The molecule has 0 fully saturated rings. The molecule has 2 aromatic rings. The zero-order valence-electron chi connectivity index (χ0n) is 10.6. The van der Waals surface area contributed by atoms with Crippen LogP contribution in [0.2, 0.25) is 5.02 Å². The molecule has 1 N–H and O–H groups in total. The van der Waals surface area contributed by atoms with E-state index in [0.29, 0.717) is 26.8 Å². The lowest BCUT2D eigenvalue weighted by molar-refractivity contribution is 0.0600. The summed E-state index contributed by atoms with van der Waals surface area (Å²) in [6.45, 7) is 1.69. The molecular weight excluding hydrogens is 302 g/mol. The Kier molecular flexibility index (Phi) is 4.31. The van der Waals surface area contributed by atoms with E-state index in [1.54, 1.807) is 6.92 Å². The maximum absolute atomic E-state index is 12.0. The number of nitrogens with zero attached hydrogens (tertiary/aromatic N) is 2. The number of hydrogen-bond acceptors (Lipinski definition) is 6. The number of aromatic nitrogens is 2. The van der Waals surface area contributed by atoms with Crippen molar-refractivity contribution < 1.29 is 14.3 Å². The number of benzene rings is 1. The minimum Gasteiger partial charge on any atom is -0.465 e. The molecule has 1 heterocycles. The molecular formula is C12H10ClN3O3S. The molecule has 2 rings (SSSR count). The summed E-state index contributed by atoms with van der Waals surface area (Å²) in [6, 6.07) is 4.49. The fraction of sp³-hybridized carbons (Fsp3) is 0.167. The molecule has 0 aliphatic carbocycles. The molecule has 0 saturated heterocycles. The Balaban J connectivity index is 2.27. The van der Waals surface area contributed by atoms with Crippen molar-refractivity contribution in [3.8, 4) is 0 Å². The molecule has 0 atom stereocenters. The number of esters is 1. The van der Waals surface area contributed by atoms with Crippen LogP contribution in [-0.2, 0) is 4.74 Å². The number of halogens is 1. The normalized spacial score (nSPS) is 10.2. The van der Waals surface area contributed by atoms with Crippen LogP contribution in [0.4, 0.5) is 5.69 Å². The predicted octanol–water partition coefficient (Wildman–Crippen LogP) is 2.54. The highest BCUT2D eigenvalue weighted by Crippen LogP contribution is 2.24. The van der Waals surface area contributed by atoms with Crippen molar-refractivity contribution in [3.63, 3.8) is 0 Å². The molecule has 0 bridgehead atoms. The van der Waals surface area contributed by atoms with Crippen molar-refractivity contribution >= 4 is 40.7 Å². The van der Waals surface area contributed by atoms with Crippen molar-refractivity contribution in [1.82, 2.24) is 9.59 Å². The van der Waals surface area contributed by atoms with Crippen molar-refractivity contribution in [2.24, 2.45) is 0 Å². The number of carbonyl (C=O) groups excluding carboxylic acids is 2. The smallest absolute Gasteiger partial charge is 0.337 e. The van der Waals surface area contributed by atoms with E-state index < -0.39 is 5.97 Å². The zero-order valence-corrected chi connectivity index (χ0v) is 12.2. The lowest BCUT2D eigenvalue weighted by Gasteiger charge is -2.08. The van der Waals surface area contributed by atoms with Crippen molar-refractivity contribution in [2.45, 2.75) is 6.92 Å². The summed E-state index contributed by atoms with van der Waals surface area (Å²) >= 11 is 6.98. The number of carbonyl (C=O) groups is 2. The molecule has 0 aliphatic heterocycles. The second-order valence-corrected chi connectivity index (χ2v) is 4.99. The molecule has 0 spiro atoms. The summed E-state index contributed by atoms with van der Waals surface area (Å²) in [4.78, 5) is 23.9. The average Bonchev–Trinajstić information content (AvgIpc) is 2.86. The van der Waals surface area contributed by atoms with Gasteiger partial charge in [0.05, 0.1) is 29.1 Å². The van der Waals surface area contributed by atoms with Gasteiger partial charge in [-0.05, 0) is 36.7 Å². The molecule has 6 nitrogen and oxygen atoms in total. The van der Waals surface area contributed by atoms with Gasteiger partial charge in [0.2, 0.25) is 0 Å². The molecule has 8 heteroatoms. The zero-order chi connectivity index (χ0) is 14.7. The summed E-state index contributed by atoms with van der Waals surface area (Å²) in [6.07, 6.45) is 0. The molecule has 1 amide bonds. The third-order valence-corrected chi connectivity index (χ3v) is 3.65. The number of ether oxygens (including phenoxy) is 1. The average molecular weight is 312 g/mol. The first-order chi connectivity index (χ1) is 9.52. The Hall–Kier alpha value is -1.99. The maximum Gasteiger partial charge on any atom is 0.337 e. The van der Waals surface area contributed by atoms with E-state index in [4.69, 9.17) is 11.6 Å². The second kappa shape index (κ2) is 5.98. The monoisotopic (exact) mass is 311 g/mol. The van der Waals surface area contributed by atoms with E-state index in [9.17, 15) is 9.59 Å². The van der Waals surface area contributed by atoms with Gasteiger partial charge in [-0.3, -0.25) is 4.79 Å². The molecule has 1 aromatic carbocycles. The molecule has 104 valence electrons. The Labute approximate surface area is 123 Å². The van der Waals surface area contributed by atoms with Gasteiger partial charge in [0.15, 0.2) is 0 Å². The van der Waals surface area contributed by atoms with Gasteiger partial charge in [-0.15, -0.1) is 5.10 Å². The first-order valence-corrected chi connectivity index (χ1v) is 6.66. The van der Waals surface area contributed by atoms with Crippen LogP contribution >= 0.6 is 23.1 Å². The van der Waals surface area contributed by atoms with Gasteiger partial charge in [-0.2, -0.15) is 0 Å². The lowest BCUT2D eigenvalue weighted by Crippen LogP contribution is -2.13. The fourth-order valence-corrected chi connectivity index (χ4v) is 2.20. The van der Waals surface area contributed by atoms with Crippen LogP contribution in [0, 0.1) is 6.92 Å². The lowest BCUT2D eigenvalue weighted by atomic mass is 10.2. The van der Waals surface area contributed by atoms with E-state index in [1.807, 2.05) is 0 Å². The molecule has 0 radical (unpaired) electrons. The number of hydrogen-bond donors (Lipinski definition) is 1. The van der Waals surface area contributed by atoms with Crippen molar-refractivity contribution in [1.29, 1.82) is 0 Å². The van der Waals surface area contributed by atoms with Crippen LogP contribution in [0.5, 0.6) is 0 Å². The van der Waals surface area contributed by atoms with E-state index in [2.05, 4.69) is 19.6 Å². The van der Waals surface area contributed by atoms with Crippen LogP contribution < -0.4 is 5.32 Å². The Morgan fingerprint density at radius 2 is 2.15 bits per heavy atom. The highest BCUT2D eigenvalue weighted by molar-refractivity contribution is 7.08. The molecule has 20 heavy (non-hydrogen) atoms. The van der Waals surface area contributed by atoms with E-state index in [0.717, 1.165) is 11.5 Å². The van der Waals surface area contributed by atoms with E-state index >= 15 is 0 Å². The number of rotatable bonds is 3. The Morgan fingerprint density at radius 1 is 1.40 bits per heavy atom. The van der Waals surface area contributed by atoms with E-state index in [-0.39, 0.29) is 5.91 Å². The fourth-order valence-electron chi connectivity index (χ4n) is 1.48. The maximum atomic E-state index is 12.0. The van der Waals surface area contributed by atoms with Gasteiger partial charge >= 0.3 is 5.97 Å². The molecule has 0 saturated carbocycles. The number of aryl methyl sites for hydroxylation is 1. The van der Waals surface area contributed by atoms with Crippen LogP contribution in [0.1, 0.15) is 25.7 Å². The third-order valence-electron chi connectivity index (χ3n) is 2.49. The first-order valence-electron chi connectivity index (χ1n) is 5.51. The van der Waals surface area contributed by atoms with Crippen LogP contribution in [0.3, 0.4) is 0 Å². The van der Waals surface area contributed by atoms with Crippen LogP contribution in [0.15, 0.2) is 18.2 Å². The standard InChI is InChI=1S/C12H10ClN3O3S/c1-6-10(20-16-15-6)11(17)14-9-5-7(12(18)19-2)3-4-8(9)13/h3-5H,1-2H3,(H,14,17). The molecule has 1 aromatic heterocycles. The summed E-state index contributed by atoms with van der Waals surface area (Å²) in [5.74, 6) is -0.880. The summed E-state index contributed by atoms with van der Waals surface area (Å²) < 4.78 is 8.30. The van der Waals surface area contributed by atoms with Crippen LogP contribution in [0.25, 0.3) is 0 Å². The second-order valence-electron chi connectivity index (χ2n) is 3.83. The summed E-state index contributed by atoms with van der Waals surface area (Å²) in [7, 11) is 1.28. The number of methoxy groups -OCH3 is 1. The van der Waals surface area contributed by atoms with Crippen molar-refractivity contribution in [3.05, 3.63) is 39.4 Å². The van der Waals surface area contributed by atoms with Gasteiger partial charge in [0.1, 0.15) is 4.88 Å². The number of nitrogens with one attached hydrogen (secondary N) is 1. The first kappa shape index (κ1) is 14.4. The summed E-state index contributed by atoms with van der Waals surface area (Å²) in [5, 5.41) is 6.71. The Bertz CT molecular complexity index is 672. The largest absolute Gasteiger partial charge is 0.465 e. The minimum absolute atomic E-state index is 0.298. The van der Waals surface area contributed by atoms with Gasteiger partial charge in [0, 0.05) is 0 Å². The highest BCUT2D eigenvalue weighted by Gasteiger charge is 2.16. The topological polar surface area (TPSA) is 81.2 Å². The van der Waals surface area contributed by atoms with Gasteiger partial charge in [0.25, 0.3) is 5.91 Å². The highest BCUT2D eigenvalue weighted by atomic mass is 35.5. The summed E-state index contributed by atoms with van der Waals surface area (Å²) in [5.41, 5.74) is 1.16. The van der Waals surface area contributed by atoms with Gasteiger partial charge in [-0.1, -0.05) is 16.1 Å². The van der Waals surface area contributed by atoms with E-state index in [1.165, 1.54) is 25.3 Å². The van der Waals surface area contributed by atoms with Crippen molar-refractivity contribution in [2.75, 3.05) is 12.4 Å². The SMILES string of the molecule is COC(=O)c1ccc(Cl)c(NC(=O)c2snnc2C)c1. The van der Waals surface area contributed by atoms with Gasteiger partial charge < -0.3 is 10.1 Å². The predicted molar refractivity (Wildman–Crippen MR) is 75.4 cm³/mol. The minimum atomic E-state index is -0.507. The molecule has 0 aliphatic rings. The van der Waals surface area contributed by atoms with Crippen LogP contribution in [-0.4, -0.2) is 28.6 Å². The Morgan fingerprint density at radius 3 is 2.75 bits per heavy atom. The third kappa shape index (κ3) is 2.94. The molecule has 0 unspecified atom stereocenters. The number of amides is 1. The quantitative estimate of drug-likeness (QED) is 0.881. The van der Waals surface area contributed by atoms with Gasteiger partial charge in [-0.25, -0.2) is 4.79 Å². The number of anilines is 1.